The smallest absolute Gasteiger partial charge is 0.347 e. The van der Waals surface area contributed by atoms with E-state index in [1.54, 1.807) is 18.4 Å². The van der Waals surface area contributed by atoms with Crippen LogP contribution in [0.25, 0.3) is 0 Å². The molecule has 3 heterocycles. The van der Waals surface area contributed by atoms with Crippen molar-refractivity contribution in [3.63, 3.8) is 0 Å². The second-order valence-corrected chi connectivity index (χ2v) is 6.91. The van der Waals surface area contributed by atoms with Crippen LogP contribution in [0.4, 0.5) is 5.13 Å². The molecule has 7 heteroatoms. The lowest BCUT2D eigenvalue weighted by Gasteiger charge is -2.33. The van der Waals surface area contributed by atoms with E-state index in [9.17, 15) is 9.90 Å². The zero-order valence-electron chi connectivity index (χ0n) is 11.8. The van der Waals surface area contributed by atoms with Crippen LogP contribution < -0.4 is 4.90 Å². The molecule has 1 aliphatic rings. The largest absolute Gasteiger partial charge is 0.477 e. The fourth-order valence-electron chi connectivity index (χ4n) is 2.63. The van der Waals surface area contributed by atoms with Gasteiger partial charge in [0.15, 0.2) is 5.13 Å². The van der Waals surface area contributed by atoms with Gasteiger partial charge in [0.25, 0.3) is 0 Å². The standard InChI is InChI=1S/C14H16N2O3S2/c1-8-9-4-6-20-11(9)3-5-16(8)14-15-10(7-19-2)12(21-14)13(17)18/h4,6,8H,3,5,7H2,1-2H3,(H,17,18). The van der Waals surface area contributed by atoms with E-state index in [0.29, 0.717) is 5.69 Å². The highest BCUT2D eigenvalue weighted by atomic mass is 32.1. The number of thiophene rings is 1. The van der Waals surface area contributed by atoms with Crippen LogP contribution in [0, 0.1) is 0 Å². The molecule has 1 N–H and O–H groups in total. The number of carboxylic acid groups (broad SMARTS) is 1. The van der Waals surface area contributed by atoms with Crippen LogP contribution >= 0.6 is 22.7 Å². The number of aromatic carboxylic acids is 1. The Morgan fingerprint density at radius 3 is 3.14 bits per heavy atom. The minimum Gasteiger partial charge on any atom is -0.477 e. The van der Waals surface area contributed by atoms with E-state index in [-0.39, 0.29) is 17.5 Å². The average Bonchev–Trinajstić information content (AvgIpc) is 3.06. The highest BCUT2D eigenvalue weighted by Crippen LogP contribution is 2.38. The summed E-state index contributed by atoms with van der Waals surface area (Å²) in [6.45, 7) is 3.24. The lowest BCUT2D eigenvalue weighted by atomic mass is 10.0. The fourth-order valence-corrected chi connectivity index (χ4v) is 4.61. The molecule has 2 aromatic rings. The minimum absolute atomic E-state index is 0.225. The van der Waals surface area contributed by atoms with Crippen LogP contribution in [0.5, 0.6) is 0 Å². The fraction of sp³-hybridized carbons (Fsp3) is 0.429. The summed E-state index contributed by atoms with van der Waals surface area (Å²) in [5, 5.41) is 12.2. The average molecular weight is 324 g/mol. The van der Waals surface area contributed by atoms with E-state index in [4.69, 9.17) is 4.74 Å². The van der Waals surface area contributed by atoms with Gasteiger partial charge in [-0.25, -0.2) is 9.78 Å². The van der Waals surface area contributed by atoms with Crippen molar-refractivity contribution in [2.45, 2.75) is 26.0 Å². The number of hydrogen-bond acceptors (Lipinski definition) is 6. The molecule has 112 valence electrons. The predicted octanol–water partition coefficient (Wildman–Crippen LogP) is 3.17. The molecule has 1 atom stereocenters. The Kier molecular flexibility index (Phi) is 3.97. The number of fused-ring (bicyclic) bond motifs is 1. The van der Waals surface area contributed by atoms with Crippen LogP contribution in [0.1, 0.15) is 38.8 Å². The first kappa shape index (κ1) is 14.5. The molecule has 0 saturated carbocycles. The van der Waals surface area contributed by atoms with E-state index in [0.717, 1.165) is 18.1 Å². The second-order valence-electron chi connectivity index (χ2n) is 4.93. The van der Waals surface area contributed by atoms with Crippen molar-refractivity contribution >= 4 is 33.8 Å². The molecule has 0 amide bonds. The normalized spacial score (nSPS) is 17.8. The summed E-state index contributed by atoms with van der Waals surface area (Å²) >= 11 is 3.02. The maximum absolute atomic E-state index is 11.3. The van der Waals surface area contributed by atoms with E-state index in [1.807, 2.05) is 0 Å². The van der Waals surface area contributed by atoms with Crippen molar-refractivity contribution < 1.29 is 14.6 Å². The van der Waals surface area contributed by atoms with Crippen LogP contribution in [0.3, 0.4) is 0 Å². The molecule has 5 nitrogen and oxygen atoms in total. The van der Waals surface area contributed by atoms with Crippen molar-refractivity contribution in [3.8, 4) is 0 Å². The number of anilines is 1. The molecule has 0 aliphatic carbocycles. The van der Waals surface area contributed by atoms with Crippen molar-refractivity contribution in [2.75, 3.05) is 18.6 Å². The summed E-state index contributed by atoms with van der Waals surface area (Å²) in [6, 6.07) is 2.38. The van der Waals surface area contributed by atoms with Gasteiger partial charge in [-0.3, -0.25) is 0 Å². The summed E-state index contributed by atoms with van der Waals surface area (Å²) in [4.78, 5) is 19.7. The molecule has 0 bridgehead atoms. The molecule has 0 fully saturated rings. The van der Waals surface area contributed by atoms with Gasteiger partial charge in [-0.15, -0.1) is 11.3 Å². The quantitative estimate of drug-likeness (QED) is 0.936. The second kappa shape index (κ2) is 5.75. The number of thiazole rings is 1. The Balaban J connectivity index is 1.94. The van der Waals surface area contributed by atoms with Crippen molar-refractivity contribution in [1.29, 1.82) is 0 Å². The van der Waals surface area contributed by atoms with Gasteiger partial charge in [0, 0.05) is 18.5 Å². The number of carboxylic acids is 1. The summed E-state index contributed by atoms with van der Waals surface area (Å²) in [5.74, 6) is -0.938. The maximum atomic E-state index is 11.3. The van der Waals surface area contributed by atoms with Gasteiger partial charge < -0.3 is 14.7 Å². The van der Waals surface area contributed by atoms with Crippen LogP contribution in [0.15, 0.2) is 11.4 Å². The topological polar surface area (TPSA) is 62.7 Å². The van der Waals surface area contributed by atoms with Gasteiger partial charge in [-0.2, -0.15) is 0 Å². The third-order valence-corrected chi connectivity index (χ3v) is 5.80. The lowest BCUT2D eigenvalue weighted by Crippen LogP contribution is -2.32. The third kappa shape index (κ3) is 2.56. The Bertz CT molecular complexity index is 665. The number of carbonyl (C=O) groups is 1. The van der Waals surface area contributed by atoms with Crippen LogP contribution in [-0.4, -0.2) is 29.7 Å². The number of rotatable bonds is 4. The summed E-state index contributed by atoms with van der Waals surface area (Å²) in [7, 11) is 1.55. The van der Waals surface area contributed by atoms with E-state index >= 15 is 0 Å². The minimum atomic E-state index is -0.938. The number of methoxy groups -OCH3 is 1. The predicted molar refractivity (Wildman–Crippen MR) is 83.6 cm³/mol. The number of nitrogens with zero attached hydrogens (tertiary/aromatic N) is 2. The highest BCUT2D eigenvalue weighted by Gasteiger charge is 2.28. The molecule has 0 saturated heterocycles. The molecule has 21 heavy (non-hydrogen) atoms. The number of hydrogen-bond donors (Lipinski definition) is 1. The van der Waals surface area contributed by atoms with Crippen molar-refractivity contribution in [3.05, 3.63) is 32.5 Å². The molecule has 3 rings (SSSR count). The summed E-state index contributed by atoms with van der Waals surface area (Å²) in [6.07, 6.45) is 0.985. The van der Waals surface area contributed by atoms with Gasteiger partial charge >= 0.3 is 5.97 Å². The lowest BCUT2D eigenvalue weighted by molar-refractivity contribution is 0.0697. The van der Waals surface area contributed by atoms with Gasteiger partial charge in [0.05, 0.1) is 18.3 Å². The van der Waals surface area contributed by atoms with Gasteiger partial charge in [-0.05, 0) is 30.4 Å². The van der Waals surface area contributed by atoms with E-state index in [2.05, 4.69) is 28.3 Å². The SMILES string of the molecule is COCc1nc(N2CCc3sccc3C2C)sc1C(=O)O. The Labute approximate surface area is 130 Å². The Morgan fingerprint density at radius 1 is 1.62 bits per heavy atom. The summed E-state index contributed by atoms with van der Waals surface area (Å²) in [5.41, 5.74) is 1.83. The molecular formula is C14H16N2O3S2. The first-order chi connectivity index (χ1) is 10.1. The molecule has 0 radical (unpaired) electrons. The molecule has 0 spiro atoms. The Morgan fingerprint density at radius 2 is 2.43 bits per heavy atom. The number of aromatic nitrogens is 1. The molecule has 1 aliphatic heterocycles. The molecule has 0 aromatic carbocycles. The van der Waals surface area contributed by atoms with Gasteiger partial charge in [0.1, 0.15) is 4.88 Å². The highest BCUT2D eigenvalue weighted by molar-refractivity contribution is 7.17. The van der Waals surface area contributed by atoms with Gasteiger partial charge in [0.2, 0.25) is 0 Å². The maximum Gasteiger partial charge on any atom is 0.347 e. The van der Waals surface area contributed by atoms with Crippen LogP contribution in [-0.2, 0) is 17.8 Å². The molecule has 2 aromatic heterocycles. The van der Waals surface area contributed by atoms with Crippen LogP contribution in [0.2, 0.25) is 0 Å². The first-order valence-corrected chi connectivity index (χ1v) is 8.36. The third-order valence-electron chi connectivity index (χ3n) is 3.68. The van der Waals surface area contributed by atoms with Gasteiger partial charge in [-0.1, -0.05) is 11.3 Å². The Hall–Kier alpha value is -1.44. The monoisotopic (exact) mass is 324 g/mol. The van der Waals surface area contributed by atoms with E-state index < -0.39 is 5.97 Å². The first-order valence-electron chi connectivity index (χ1n) is 6.66. The van der Waals surface area contributed by atoms with Crippen molar-refractivity contribution in [1.82, 2.24) is 4.98 Å². The number of ether oxygens (including phenoxy) is 1. The molecule has 1 unspecified atom stereocenters. The van der Waals surface area contributed by atoms with Crippen molar-refractivity contribution in [2.24, 2.45) is 0 Å². The molecular weight excluding hydrogens is 308 g/mol. The van der Waals surface area contributed by atoms with E-state index in [1.165, 1.54) is 21.8 Å². The zero-order valence-corrected chi connectivity index (χ0v) is 13.5. The zero-order chi connectivity index (χ0) is 15.0. The summed E-state index contributed by atoms with van der Waals surface area (Å²) < 4.78 is 5.05.